The second-order valence-electron chi connectivity index (χ2n) is 10.9. The maximum atomic E-state index is 14.0. The molecule has 5 rings (SSSR count). The Hall–Kier alpha value is -2.54. The predicted octanol–water partition coefficient (Wildman–Crippen LogP) is 4.22. The number of morpholine rings is 1. The van der Waals surface area contributed by atoms with Crippen LogP contribution < -0.4 is 5.43 Å². The maximum absolute atomic E-state index is 14.0. The van der Waals surface area contributed by atoms with Crippen molar-refractivity contribution in [1.29, 1.82) is 0 Å². The molecule has 1 aliphatic carbocycles. The van der Waals surface area contributed by atoms with Gasteiger partial charge in [-0.2, -0.15) is 13.2 Å². The zero-order valence-corrected chi connectivity index (χ0v) is 22.6. The van der Waals surface area contributed by atoms with Gasteiger partial charge in [-0.05, 0) is 37.1 Å². The van der Waals surface area contributed by atoms with Crippen LogP contribution in [-0.2, 0) is 47.9 Å². The normalized spacial score (nSPS) is 28.7. The molecule has 11 heteroatoms. The number of nitrogens with one attached hydrogen (secondary N) is 1. The summed E-state index contributed by atoms with van der Waals surface area (Å²) in [5, 5.41) is 1.77. The summed E-state index contributed by atoms with van der Waals surface area (Å²) in [5.74, 6) is -1.30. The highest BCUT2D eigenvalue weighted by atomic mass is 19.4. The molecule has 0 aromatic heterocycles. The van der Waals surface area contributed by atoms with Crippen LogP contribution in [0.2, 0.25) is 0 Å². The molecule has 2 saturated heterocycles. The molecule has 2 heterocycles. The van der Waals surface area contributed by atoms with E-state index in [1.54, 1.807) is 24.9 Å². The van der Waals surface area contributed by atoms with Crippen LogP contribution in [0.5, 0.6) is 0 Å². The van der Waals surface area contributed by atoms with Crippen molar-refractivity contribution < 1.29 is 41.7 Å². The minimum atomic E-state index is -4.49. The summed E-state index contributed by atoms with van der Waals surface area (Å²) in [6, 6.07) is 14.6. The van der Waals surface area contributed by atoms with E-state index in [1.807, 2.05) is 30.3 Å². The number of ether oxygens (including phenoxy) is 5. The third-order valence-corrected chi connectivity index (χ3v) is 7.41. The first-order chi connectivity index (χ1) is 19.0. The molecule has 2 aliphatic heterocycles. The van der Waals surface area contributed by atoms with Gasteiger partial charge in [0.05, 0.1) is 44.2 Å². The van der Waals surface area contributed by atoms with Gasteiger partial charge >= 0.3 is 6.18 Å². The average molecular weight is 565 g/mol. The highest BCUT2D eigenvalue weighted by molar-refractivity contribution is 5.85. The van der Waals surface area contributed by atoms with Gasteiger partial charge in [-0.15, -0.1) is 0 Å². The zero-order valence-electron chi connectivity index (χ0n) is 22.6. The Labute approximate surface area is 231 Å². The fraction of sp³-hybridized carbons (Fsp3) is 0.552. The molecule has 8 nitrogen and oxygen atoms in total. The maximum Gasteiger partial charge on any atom is 0.416 e. The number of fused-ring (bicyclic) bond motifs is 1. The first-order valence-electron chi connectivity index (χ1n) is 13.5. The van der Waals surface area contributed by atoms with Crippen molar-refractivity contribution in [3.63, 3.8) is 0 Å². The third kappa shape index (κ3) is 6.84. The number of rotatable bonds is 8. The lowest BCUT2D eigenvalue weighted by atomic mass is 9.78. The molecule has 1 amide bonds. The number of benzene rings is 2. The molecule has 0 spiro atoms. The third-order valence-electron chi connectivity index (χ3n) is 7.41. The van der Waals surface area contributed by atoms with E-state index in [-0.39, 0.29) is 26.1 Å². The van der Waals surface area contributed by atoms with Gasteiger partial charge in [0.25, 0.3) is 5.91 Å². The van der Waals surface area contributed by atoms with Gasteiger partial charge in [0.2, 0.25) is 0 Å². The van der Waals surface area contributed by atoms with Gasteiger partial charge in [-0.1, -0.05) is 42.5 Å². The number of hydrogen-bond donors (Lipinski definition) is 1. The quantitative estimate of drug-likeness (QED) is 0.515. The number of amides is 1. The highest BCUT2D eigenvalue weighted by Crippen LogP contribution is 2.44. The molecule has 40 heavy (non-hydrogen) atoms. The lowest BCUT2D eigenvalue weighted by molar-refractivity contribution is -0.187. The fourth-order valence-corrected chi connectivity index (χ4v) is 5.47. The topological polar surface area (TPSA) is 78.5 Å². The molecule has 0 unspecified atom stereocenters. The Balaban J connectivity index is 1.42. The fourth-order valence-electron chi connectivity index (χ4n) is 5.47. The van der Waals surface area contributed by atoms with E-state index in [4.69, 9.17) is 23.7 Å². The molecule has 1 N–H and O–H groups in total. The Morgan fingerprint density at radius 1 is 1.00 bits per heavy atom. The first kappa shape index (κ1) is 29.0. The van der Waals surface area contributed by atoms with Crippen LogP contribution in [0.25, 0.3) is 0 Å². The average Bonchev–Trinajstić information content (AvgIpc) is 3.25. The summed E-state index contributed by atoms with van der Waals surface area (Å²) >= 11 is 0. The lowest BCUT2D eigenvalue weighted by Gasteiger charge is -2.44. The standard InChI is InChI=1S/C29H35F3N2O6/c1-27(2)39-24-17-28(26(35)33-34-11-13-36-14-12-34,38-19-21-9-6-10-22(15-21)29(30,31)32)16-23(25(24)40-27)37-18-20-7-4-3-5-8-20/h3-10,15,23-25H,11-14,16-19H2,1-2H3,(H,33,35)/t23-,24-,25+,28-/m1/s1. The van der Waals surface area contributed by atoms with Gasteiger partial charge in [0.15, 0.2) is 11.4 Å². The summed E-state index contributed by atoms with van der Waals surface area (Å²) in [4.78, 5) is 14.0. The summed E-state index contributed by atoms with van der Waals surface area (Å²) in [7, 11) is 0. The molecular formula is C29H35F3N2O6. The van der Waals surface area contributed by atoms with E-state index in [9.17, 15) is 18.0 Å². The molecule has 3 aliphatic rings. The minimum absolute atomic E-state index is 0.134. The van der Waals surface area contributed by atoms with Crippen LogP contribution >= 0.6 is 0 Å². The number of alkyl halides is 3. The number of hydrazine groups is 1. The monoisotopic (exact) mass is 564 g/mol. The predicted molar refractivity (Wildman–Crippen MR) is 138 cm³/mol. The van der Waals surface area contributed by atoms with Crippen LogP contribution in [0, 0.1) is 0 Å². The summed E-state index contributed by atoms with van der Waals surface area (Å²) < 4.78 is 70.5. The van der Waals surface area contributed by atoms with Crippen LogP contribution in [0.3, 0.4) is 0 Å². The van der Waals surface area contributed by atoms with Crippen LogP contribution in [-0.4, -0.2) is 66.9 Å². The van der Waals surface area contributed by atoms with Crippen molar-refractivity contribution in [2.24, 2.45) is 0 Å². The molecule has 2 aromatic carbocycles. The van der Waals surface area contributed by atoms with Gasteiger partial charge < -0.3 is 23.7 Å². The number of carbonyl (C=O) groups excluding carboxylic acids is 1. The van der Waals surface area contributed by atoms with Crippen molar-refractivity contribution in [2.45, 2.75) is 75.8 Å². The summed E-state index contributed by atoms with van der Waals surface area (Å²) in [5.41, 5.74) is 1.99. The second-order valence-corrected chi connectivity index (χ2v) is 10.9. The van der Waals surface area contributed by atoms with E-state index in [0.717, 1.165) is 17.7 Å². The van der Waals surface area contributed by atoms with Crippen LogP contribution in [0.1, 0.15) is 43.4 Å². The molecule has 1 saturated carbocycles. The van der Waals surface area contributed by atoms with Gasteiger partial charge in [0.1, 0.15) is 6.10 Å². The highest BCUT2D eigenvalue weighted by Gasteiger charge is 2.58. The van der Waals surface area contributed by atoms with E-state index < -0.39 is 47.3 Å². The lowest BCUT2D eigenvalue weighted by Crippen LogP contribution is -2.63. The molecule has 218 valence electrons. The summed E-state index contributed by atoms with van der Waals surface area (Å²) in [6.45, 7) is 5.64. The minimum Gasteiger partial charge on any atom is -0.379 e. The largest absolute Gasteiger partial charge is 0.416 e. The molecule has 0 bridgehead atoms. The smallest absolute Gasteiger partial charge is 0.379 e. The molecule has 3 fully saturated rings. The van der Waals surface area contributed by atoms with Gasteiger partial charge in [-0.3, -0.25) is 10.2 Å². The van der Waals surface area contributed by atoms with E-state index in [0.29, 0.717) is 31.9 Å². The Morgan fingerprint density at radius 3 is 2.45 bits per heavy atom. The van der Waals surface area contributed by atoms with E-state index in [1.165, 1.54) is 6.07 Å². The Kier molecular flexibility index (Phi) is 8.51. The van der Waals surface area contributed by atoms with E-state index in [2.05, 4.69) is 5.43 Å². The zero-order chi connectivity index (χ0) is 28.4. The van der Waals surface area contributed by atoms with Crippen molar-refractivity contribution in [2.75, 3.05) is 26.3 Å². The van der Waals surface area contributed by atoms with Crippen LogP contribution in [0.4, 0.5) is 13.2 Å². The van der Waals surface area contributed by atoms with Crippen molar-refractivity contribution >= 4 is 5.91 Å². The number of carbonyl (C=O) groups is 1. The van der Waals surface area contributed by atoms with Crippen LogP contribution in [0.15, 0.2) is 54.6 Å². The van der Waals surface area contributed by atoms with Crippen molar-refractivity contribution in [1.82, 2.24) is 10.4 Å². The Morgan fingerprint density at radius 2 is 1.73 bits per heavy atom. The van der Waals surface area contributed by atoms with Gasteiger partial charge in [0, 0.05) is 25.9 Å². The molecular weight excluding hydrogens is 529 g/mol. The second kappa shape index (κ2) is 11.8. The molecule has 0 radical (unpaired) electrons. The van der Waals surface area contributed by atoms with E-state index >= 15 is 0 Å². The number of nitrogens with zero attached hydrogens (tertiary/aromatic N) is 1. The SMILES string of the molecule is CC1(C)O[C@H]2[C@H](OCc3ccccc3)C[C@](OCc3cccc(C(F)(F)F)c3)(C(=O)NN3CCOCC3)C[C@H]2O1. The van der Waals surface area contributed by atoms with Gasteiger partial charge in [-0.25, -0.2) is 5.01 Å². The summed E-state index contributed by atoms with van der Waals surface area (Å²) in [6.07, 6.45) is -5.74. The number of halogens is 3. The van der Waals surface area contributed by atoms with Crippen molar-refractivity contribution in [3.8, 4) is 0 Å². The first-order valence-corrected chi connectivity index (χ1v) is 13.5. The van der Waals surface area contributed by atoms with Crippen molar-refractivity contribution in [3.05, 3.63) is 71.3 Å². The Bertz CT molecular complexity index is 1160. The molecule has 4 atom stereocenters. The molecule has 2 aromatic rings. The number of hydrogen-bond acceptors (Lipinski definition) is 7.